The number of anilines is 1. The molecule has 0 aromatic carbocycles. The quantitative estimate of drug-likeness (QED) is 0.408. The van der Waals surface area contributed by atoms with Crippen LogP contribution in [0.3, 0.4) is 0 Å². The van der Waals surface area contributed by atoms with E-state index >= 15 is 0 Å². The number of fused-ring (bicyclic) bond motifs is 1. The number of terminal acetylenes is 1. The van der Waals surface area contributed by atoms with Crippen molar-refractivity contribution in [3.8, 4) is 23.7 Å². The first-order valence-corrected chi connectivity index (χ1v) is 11.1. The Balaban J connectivity index is 1.50. The maximum absolute atomic E-state index is 14.5. The Morgan fingerprint density at radius 1 is 1.38 bits per heavy atom. The van der Waals surface area contributed by atoms with Crippen LogP contribution in [0.15, 0.2) is 24.7 Å². The number of aromatic nitrogens is 4. The van der Waals surface area contributed by atoms with Gasteiger partial charge >= 0.3 is 0 Å². The van der Waals surface area contributed by atoms with E-state index < -0.39 is 5.82 Å². The Morgan fingerprint density at radius 3 is 3.09 bits per heavy atom. The van der Waals surface area contributed by atoms with Crippen LogP contribution in [0.25, 0.3) is 22.4 Å². The van der Waals surface area contributed by atoms with E-state index in [4.69, 9.17) is 18.0 Å². The number of nitrogens with one attached hydrogen (secondary N) is 2. The normalized spacial score (nSPS) is 16.2. The third-order valence-corrected chi connectivity index (χ3v) is 5.85. The maximum atomic E-state index is 14.5. The lowest BCUT2D eigenvalue weighted by Crippen LogP contribution is -2.47. The molecule has 9 heteroatoms. The van der Waals surface area contributed by atoms with Gasteiger partial charge in [-0.25, -0.2) is 19.3 Å². The van der Waals surface area contributed by atoms with Gasteiger partial charge in [0.1, 0.15) is 5.65 Å². The molecule has 1 atom stereocenters. The first-order valence-electron chi connectivity index (χ1n) is 10.7. The van der Waals surface area contributed by atoms with E-state index in [-0.39, 0.29) is 17.8 Å². The standard InChI is InChI=1S/C23H24ClFN6O/c1-2-3-4-8-20(32)31-9-6-5-7-16(31)12-27-23-19(25)14-29-22(30-23)18-13-28-21-17(18)10-15(24)11-26-21/h1,10-11,13-14,16H,3-9,12H2,(H,26,28)(H,27,29,30). The minimum atomic E-state index is -0.549. The average molecular weight is 455 g/mol. The number of carbonyl (C=O) groups excluding carboxylic acids is 1. The van der Waals surface area contributed by atoms with Crippen molar-refractivity contribution in [1.29, 1.82) is 0 Å². The topological polar surface area (TPSA) is 86.8 Å². The fourth-order valence-electron chi connectivity index (χ4n) is 4.02. The summed E-state index contributed by atoms with van der Waals surface area (Å²) in [6, 6.07) is 1.75. The Kier molecular flexibility index (Phi) is 6.86. The minimum Gasteiger partial charge on any atom is -0.365 e. The smallest absolute Gasteiger partial charge is 0.222 e. The first kappa shape index (κ1) is 22.0. The van der Waals surface area contributed by atoms with Crippen LogP contribution in [0.2, 0.25) is 5.02 Å². The summed E-state index contributed by atoms with van der Waals surface area (Å²) in [5.41, 5.74) is 1.33. The number of H-pyrrole nitrogens is 1. The molecule has 1 aliphatic heterocycles. The second-order valence-corrected chi connectivity index (χ2v) is 8.25. The predicted molar refractivity (Wildman–Crippen MR) is 123 cm³/mol. The summed E-state index contributed by atoms with van der Waals surface area (Å²) in [5.74, 6) is 2.57. The number of nitrogens with zero attached hydrogens (tertiary/aromatic N) is 4. The molecule has 1 aliphatic rings. The van der Waals surface area contributed by atoms with Crippen LogP contribution < -0.4 is 5.32 Å². The van der Waals surface area contributed by atoms with Gasteiger partial charge in [-0.05, 0) is 31.7 Å². The molecule has 1 amide bonds. The number of hydrogen-bond donors (Lipinski definition) is 2. The summed E-state index contributed by atoms with van der Waals surface area (Å²) in [4.78, 5) is 30.3. The molecule has 3 aromatic rings. The molecule has 1 unspecified atom stereocenters. The maximum Gasteiger partial charge on any atom is 0.222 e. The molecule has 0 aliphatic carbocycles. The van der Waals surface area contributed by atoms with E-state index in [1.54, 1.807) is 18.5 Å². The van der Waals surface area contributed by atoms with Crippen LogP contribution in [0, 0.1) is 18.2 Å². The van der Waals surface area contributed by atoms with Crippen molar-refractivity contribution >= 4 is 34.4 Å². The van der Waals surface area contributed by atoms with Crippen molar-refractivity contribution in [3.05, 3.63) is 35.5 Å². The molecule has 0 bridgehead atoms. The summed E-state index contributed by atoms with van der Waals surface area (Å²) in [6.07, 6.45) is 14.3. The van der Waals surface area contributed by atoms with Crippen LogP contribution in [0.5, 0.6) is 0 Å². The van der Waals surface area contributed by atoms with Crippen molar-refractivity contribution in [3.63, 3.8) is 0 Å². The van der Waals surface area contributed by atoms with Gasteiger partial charge in [0.05, 0.1) is 11.2 Å². The van der Waals surface area contributed by atoms with Crippen molar-refractivity contribution in [2.45, 2.75) is 44.6 Å². The summed E-state index contributed by atoms with van der Waals surface area (Å²) in [6.45, 7) is 1.12. The van der Waals surface area contributed by atoms with Gasteiger partial charge in [0.2, 0.25) is 5.91 Å². The molecule has 3 aromatic heterocycles. The SMILES string of the molecule is C#CCCCC(=O)N1CCCCC1CNc1nc(-c2c[nH]c3ncc(Cl)cc23)ncc1F. The van der Waals surface area contributed by atoms with Crippen LogP contribution >= 0.6 is 11.6 Å². The Bertz CT molecular complexity index is 1160. The van der Waals surface area contributed by atoms with E-state index in [1.807, 2.05) is 4.90 Å². The largest absolute Gasteiger partial charge is 0.365 e. The molecule has 0 spiro atoms. The summed E-state index contributed by atoms with van der Waals surface area (Å²) in [7, 11) is 0. The second-order valence-electron chi connectivity index (χ2n) is 7.82. The van der Waals surface area contributed by atoms with Crippen LogP contribution in [0.4, 0.5) is 10.2 Å². The molecule has 4 rings (SSSR count). The van der Waals surface area contributed by atoms with E-state index in [0.29, 0.717) is 54.4 Å². The highest BCUT2D eigenvalue weighted by Crippen LogP contribution is 2.28. The van der Waals surface area contributed by atoms with Gasteiger partial charge in [-0.1, -0.05) is 11.6 Å². The van der Waals surface area contributed by atoms with E-state index in [1.165, 1.54) is 0 Å². The summed E-state index contributed by atoms with van der Waals surface area (Å²) >= 11 is 6.07. The Labute approximate surface area is 190 Å². The Morgan fingerprint density at radius 2 is 2.25 bits per heavy atom. The number of carbonyl (C=O) groups is 1. The molecule has 0 radical (unpaired) electrons. The third-order valence-electron chi connectivity index (χ3n) is 5.65. The summed E-state index contributed by atoms with van der Waals surface area (Å²) in [5, 5.41) is 4.34. The van der Waals surface area contributed by atoms with Crippen LogP contribution in [0.1, 0.15) is 38.5 Å². The number of likely N-dealkylation sites (tertiary alicyclic amines) is 1. The third kappa shape index (κ3) is 4.83. The highest BCUT2D eigenvalue weighted by molar-refractivity contribution is 6.31. The monoisotopic (exact) mass is 454 g/mol. The fourth-order valence-corrected chi connectivity index (χ4v) is 4.18. The number of aromatic amines is 1. The molecule has 32 heavy (non-hydrogen) atoms. The van der Waals surface area contributed by atoms with Crippen LogP contribution in [-0.4, -0.2) is 49.9 Å². The molecule has 1 saturated heterocycles. The number of unbranched alkanes of at least 4 members (excludes halogenated alkanes) is 1. The Hall–Kier alpha value is -3.18. The molecule has 2 N–H and O–H groups in total. The molecule has 0 saturated carbocycles. The van der Waals surface area contributed by atoms with Crippen molar-refractivity contribution in [2.75, 3.05) is 18.4 Å². The highest BCUT2D eigenvalue weighted by atomic mass is 35.5. The molecule has 166 valence electrons. The molecule has 4 heterocycles. The van der Waals surface area contributed by atoms with Gasteiger partial charge in [-0.3, -0.25) is 4.79 Å². The number of halogens is 2. The van der Waals surface area contributed by atoms with Gasteiger partial charge in [0, 0.05) is 55.3 Å². The number of piperidine rings is 1. The lowest BCUT2D eigenvalue weighted by atomic mass is 10.0. The summed E-state index contributed by atoms with van der Waals surface area (Å²) < 4.78 is 14.5. The fraction of sp³-hybridized carbons (Fsp3) is 0.391. The lowest BCUT2D eigenvalue weighted by molar-refractivity contribution is -0.134. The molecular formula is C23H24ClFN6O. The zero-order valence-corrected chi connectivity index (χ0v) is 18.3. The predicted octanol–water partition coefficient (Wildman–Crippen LogP) is 4.41. The van der Waals surface area contributed by atoms with Crippen molar-refractivity contribution in [2.24, 2.45) is 0 Å². The van der Waals surface area contributed by atoms with Crippen LogP contribution in [-0.2, 0) is 4.79 Å². The zero-order chi connectivity index (χ0) is 22.5. The highest BCUT2D eigenvalue weighted by Gasteiger charge is 2.26. The van der Waals surface area contributed by atoms with Gasteiger partial charge in [-0.2, -0.15) is 0 Å². The van der Waals surface area contributed by atoms with E-state index in [2.05, 4.69) is 31.2 Å². The molecule has 7 nitrogen and oxygen atoms in total. The number of hydrogen-bond acceptors (Lipinski definition) is 5. The van der Waals surface area contributed by atoms with E-state index in [0.717, 1.165) is 30.8 Å². The van der Waals surface area contributed by atoms with E-state index in [9.17, 15) is 9.18 Å². The minimum absolute atomic E-state index is 0.0176. The molecular weight excluding hydrogens is 431 g/mol. The number of pyridine rings is 1. The van der Waals surface area contributed by atoms with Gasteiger partial charge < -0.3 is 15.2 Å². The van der Waals surface area contributed by atoms with Crippen molar-refractivity contribution < 1.29 is 9.18 Å². The molecule has 1 fully saturated rings. The lowest BCUT2D eigenvalue weighted by Gasteiger charge is -2.36. The van der Waals surface area contributed by atoms with Gasteiger partial charge in [0.15, 0.2) is 17.5 Å². The van der Waals surface area contributed by atoms with Crippen molar-refractivity contribution in [1.82, 2.24) is 24.8 Å². The first-order chi connectivity index (χ1) is 15.6. The number of amides is 1. The van der Waals surface area contributed by atoms with Gasteiger partial charge in [0.25, 0.3) is 0 Å². The zero-order valence-electron chi connectivity index (χ0n) is 17.6. The second kappa shape index (κ2) is 9.96. The number of rotatable bonds is 7. The average Bonchev–Trinajstić information content (AvgIpc) is 3.22. The van der Waals surface area contributed by atoms with Gasteiger partial charge in [-0.15, -0.1) is 12.3 Å².